The average molecular weight is 287 g/mol. The van der Waals surface area contributed by atoms with E-state index in [0.717, 1.165) is 12.5 Å². The van der Waals surface area contributed by atoms with Crippen LogP contribution in [0.5, 0.6) is 0 Å². The van der Waals surface area contributed by atoms with E-state index in [1.165, 1.54) is 54.2 Å². The van der Waals surface area contributed by atoms with Crippen LogP contribution in [0.3, 0.4) is 0 Å². The first-order valence-electron chi connectivity index (χ1n) is 8.09. The van der Waals surface area contributed by atoms with Crippen molar-refractivity contribution in [3.05, 3.63) is 35.2 Å². The SMILES string of the molecule is CCCNC(c1cccc2ccsc12)C1CCCCC1. The predicted octanol–water partition coefficient (Wildman–Crippen LogP) is 5.52. The van der Waals surface area contributed by atoms with Crippen molar-refractivity contribution >= 4 is 21.4 Å². The fourth-order valence-electron chi connectivity index (χ4n) is 3.56. The van der Waals surface area contributed by atoms with Gasteiger partial charge in [0, 0.05) is 10.7 Å². The van der Waals surface area contributed by atoms with Crippen molar-refractivity contribution in [2.45, 2.75) is 51.5 Å². The Balaban J connectivity index is 1.92. The van der Waals surface area contributed by atoms with Gasteiger partial charge in [-0.3, -0.25) is 0 Å². The third kappa shape index (κ3) is 2.91. The van der Waals surface area contributed by atoms with Crippen LogP contribution in [0, 0.1) is 5.92 Å². The lowest BCUT2D eigenvalue weighted by atomic mass is 9.81. The van der Waals surface area contributed by atoms with Gasteiger partial charge in [0.25, 0.3) is 0 Å². The summed E-state index contributed by atoms with van der Waals surface area (Å²) >= 11 is 1.90. The van der Waals surface area contributed by atoms with Gasteiger partial charge < -0.3 is 5.32 Å². The number of hydrogen-bond donors (Lipinski definition) is 1. The lowest BCUT2D eigenvalue weighted by Gasteiger charge is -2.32. The van der Waals surface area contributed by atoms with Crippen molar-refractivity contribution in [3.63, 3.8) is 0 Å². The number of benzene rings is 1. The number of rotatable bonds is 5. The first-order chi connectivity index (χ1) is 9.90. The summed E-state index contributed by atoms with van der Waals surface area (Å²) in [6, 6.07) is 9.63. The Hall–Kier alpha value is -0.860. The molecule has 1 aromatic heterocycles. The molecule has 1 fully saturated rings. The zero-order valence-electron chi connectivity index (χ0n) is 12.4. The second kappa shape index (κ2) is 6.73. The van der Waals surface area contributed by atoms with Crippen LogP contribution in [0.15, 0.2) is 29.6 Å². The molecule has 1 aliphatic rings. The third-order valence-corrected chi connectivity index (χ3v) is 5.56. The molecule has 1 aliphatic carbocycles. The van der Waals surface area contributed by atoms with Crippen LogP contribution in [0.2, 0.25) is 0 Å². The lowest BCUT2D eigenvalue weighted by Crippen LogP contribution is -2.30. The Bertz CT molecular complexity index is 539. The summed E-state index contributed by atoms with van der Waals surface area (Å²) in [4.78, 5) is 0. The van der Waals surface area contributed by atoms with Gasteiger partial charge in [0.2, 0.25) is 0 Å². The Morgan fingerprint density at radius 3 is 2.85 bits per heavy atom. The molecule has 1 unspecified atom stereocenters. The minimum Gasteiger partial charge on any atom is -0.310 e. The number of fused-ring (bicyclic) bond motifs is 1. The minimum atomic E-state index is 0.553. The average Bonchev–Trinajstić information content (AvgIpc) is 2.98. The fraction of sp³-hybridized carbons (Fsp3) is 0.556. The summed E-state index contributed by atoms with van der Waals surface area (Å²) in [7, 11) is 0. The normalized spacial score (nSPS) is 18.4. The molecular formula is C18H25NS. The van der Waals surface area contributed by atoms with Gasteiger partial charge >= 0.3 is 0 Å². The minimum absolute atomic E-state index is 0.553. The van der Waals surface area contributed by atoms with Crippen molar-refractivity contribution < 1.29 is 0 Å². The Morgan fingerprint density at radius 2 is 2.05 bits per heavy atom. The molecule has 0 bridgehead atoms. The van der Waals surface area contributed by atoms with Crippen molar-refractivity contribution in [1.29, 1.82) is 0 Å². The van der Waals surface area contributed by atoms with E-state index in [0.29, 0.717) is 6.04 Å². The summed E-state index contributed by atoms with van der Waals surface area (Å²) < 4.78 is 1.49. The summed E-state index contributed by atoms with van der Waals surface area (Å²) in [6.45, 7) is 3.39. The number of thiophene rings is 1. The highest BCUT2D eigenvalue weighted by Crippen LogP contribution is 2.38. The van der Waals surface area contributed by atoms with Crippen LogP contribution >= 0.6 is 11.3 Å². The van der Waals surface area contributed by atoms with Gasteiger partial charge in [0.15, 0.2) is 0 Å². The van der Waals surface area contributed by atoms with Crippen molar-refractivity contribution in [1.82, 2.24) is 5.32 Å². The Kier molecular flexibility index (Phi) is 4.74. The molecule has 1 aromatic carbocycles. The summed E-state index contributed by atoms with van der Waals surface area (Å²) in [5, 5.41) is 7.48. The summed E-state index contributed by atoms with van der Waals surface area (Å²) in [6.07, 6.45) is 8.25. The molecule has 1 atom stereocenters. The molecule has 0 amide bonds. The van der Waals surface area contributed by atoms with Crippen molar-refractivity contribution in [2.75, 3.05) is 6.54 Å². The molecule has 2 aromatic rings. The van der Waals surface area contributed by atoms with Gasteiger partial charge in [-0.25, -0.2) is 0 Å². The number of hydrogen-bond acceptors (Lipinski definition) is 2. The predicted molar refractivity (Wildman–Crippen MR) is 89.4 cm³/mol. The molecule has 1 N–H and O–H groups in total. The van der Waals surface area contributed by atoms with Crippen molar-refractivity contribution in [2.24, 2.45) is 5.92 Å². The van der Waals surface area contributed by atoms with Crippen LogP contribution < -0.4 is 5.32 Å². The van der Waals surface area contributed by atoms with E-state index < -0.39 is 0 Å². The first kappa shape index (κ1) is 14.1. The summed E-state index contributed by atoms with van der Waals surface area (Å²) in [5.41, 5.74) is 1.54. The highest BCUT2D eigenvalue weighted by Gasteiger charge is 2.25. The molecule has 0 radical (unpaired) electrons. The Morgan fingerprint density at radius 1 is 1.20 bits per heavy atom. The fourth-order valence-corrected chi connectivity index (χ4v) is 4.51. The van der Waals surface area contributed by atoms with Crippen LogP contribution in [-0.4, -0.2) is 6.54 Å². The van der Waals surface area contributed by atoms with E-state index in [-0.39, 0.29) is 0 Å². The van der Waals surface area contributed by atoms with Gasteiger partial charge in [0.1, 0.15) is 0 Å². The van der Waals surface area contributed by atoms with Gasteiger partial charge in [-0.2, -0.15) is 0 Å². The quantitative estimate of drug-likeness (QED) is 0.763. The molecule has 1 nitrogen and oxygen atoms in total. The highest BCUT2D eigenvalue weighted by atomic mass is 32.1. The van der Waals surface area contributed by atoms with Gasteiger partial charge in [-0.05, 0) is 54.1 Å². The molecule has 1 saturated carbocycles. The second-order valence-corrected chi connectivity index (χ2v) is 6.93. The van der Waals surface area contributed by atoms with E-state index in [1.54, 1.807) is 0 Å². The number of nitrogens with one attached hydrogen (secondary N) is 1. The van der Waals surface area contributed by atoms with E-state index in [2.05, 4.69) is 41.9 Å². The zero-order valence-corrected chi connectivity index (χ0v) is 13.2. The lowest BCUT2D eigenvalue weighted by molar-refractivity contribution is 0.273. The molecule has 0 spiro atoms. The monoisotopic (exact) mass is 287 g/mol. The van der Waals surface area contributed by atoms with Crippen LogP contribution in [0.4, 0.5) is 0 Å². The molecule has 20 heavy (non-hydrogen) atoms. The smallest absolute Gasteiger partial charge is 0.0390 e. The first-order valence-corrected chi connectivity index (χ1v) is 8.97. The molecule has 2 heteroatoms. The molecule has 0 aliphatic heterocycles. The van der Waals surface area contributed by atoms with Gasteiger partial charge in [-0.15, -0.1) is 11.3 Å². The molecular weight excluding hydrogens is 262 g/mol. The topological polar surface area (TPSA) is 12.0 Å². The van der Waals surface area contributed by atoms with Crippen LogP contribution in [-0.2, 0) is 0 Å². The van der Waals surface area contributed by atoms with Crippen LogP contribution in [0.25, 0.3) is 10.1 Å². The Labute approximate surface area is 126 Å². The summed E-state index contributed by atoms with van der Waals surface area (Å²) in [5.74, 6) is 0.822. The largest absolute Gasteiger partial charge is 0.310 e. The molecule has 0 saturated heterocycles. The van der Waals surface area contributed by atoms with Crippen LogP contribution in [0.1, 0.15) is 57.1 Å². The molecule has 3 rings (SSSR count). The van der Waals surface area contributed by atoms with Crippen molar-refractivity contribution in [3.8, 4) is 0 Å². The zero-order chi connectivity index (χ0) is 13.8. The molecule has 108 valence electrons. The maximum Gasteiger partial charge on any atom is 0.0390 e. The second-order valence-electron chi connectivity index (χ2n) is 6.02. The van der Waals surface area contributed by atoms with E-state index in [1.807, 2.05) is 11.3 Å². The van der Waals surface area contributed by atoms with E-state index in [4.69, 9.17) is 0 Å². The van der Waals surface area contributed by atoms with E-state index in [9.17, 15) is 0 Å². The maximum absolute atomic E-state index is 3.84. The molecule has 1 heterocycles. The maximum atomic E-state index is 3.84. The standard InChI is InChI=1S/C18H25NS/c1-2-12-19-17(14-7-4-3-5-8-14)16-10-6-9-15-11-13-20-18(15)16/h6,9-11,13-14,17,19H,2-5,7-8,12H2,1H3. The van der Waals surface area contributed by atoms with Gasteiger partial charge in [-0.1, -0.05) is 44.4 Å². The third-order valence-electron chi connectivity index (χ3n) is 4.58. The van der Waals surface area contributed by atoms with E-state index >= 15 is 0 Å². The van der Waals surface area contributed by atoms with Gasteiger partial charge in [0.05, 0.1) is 0 Å². The highest BCUT2D eigenvalue weighted by molar-refractivity contribution is 7.17.